The van der Waals surface area contributed by atoms with Crippen LogP contribution < -0.4 is 0 Å². The van der Waals surface area contributed by atoms with Crippen LogP contribution in [0.25, 0.3) is 0 Å². The van der Waals surface area contributed by atoms with Crippen LogP contribution >= 0.6 is 0 Å². The summed E-state index contributed by atoms with van der Waals surface area (Å²) in [5, 5.41) is 0. The Morgan fingerprint density at radius 1 is 1.54 bits per heavy atom. The summed E-state index contributed by atoms with van der Waals surface area (Å²) < 4.78 is 18.1. The SMILES string of the molecule is COCC#CCN1CCC(C)(F)C1. The normalized spacial score (nSPS) is 28.5. The standard InChI is InChI=1S/C10H16FNO/c1-10(11)5-7-12(9-10)6-3-4-8-13-2/h5-9H2,1-2H3. The molecule has 0 amide bonds. The van der Waals surface area contributed by atoms with E-state index < -0.39 is 5.67 Å². The molecular formula is C10H16FNO. The van der Waals surface area contributed by atoms with Crippen LogP contribution in [0.2, 0.25) is 0 Å². The van der Waals surface area contributed by atoms with Gasteiger partial charge in [-0.15, -0.1) is 0 Å². The summed E-state index contributed by atoms with van der Waals surface area (Å²) in [5.41, 5.74) is -1.01. The fourth-order valence-corrected chi connectivity index (χ4v) is 1.44. The molecule has 3 heteroatoms. The van der Waals surface area contributed by atoms with Gasteiger partial charge in [0.25, 0.3) is 0 Å². The maximum absolute atomic E-state index is 13.3. The summed E-state index contributed by atoms with van der Waals surface area (Å²) in [4.78, 5) is 2.03. The summed E-state index contributed by atoms with van der Waals surface area (Å²) >= 11 is 0. The molecule has 0 bridgehead atoms. The Bertz CT molecular complexity index is 217. The minimum absolute atomic E-state index is 0.459. The van der Waals surface area contributed by atoms with Gasteiger partial charge in [0, 0.05) is 20.2 Å². The van der Waals surface area contributed by atoms with Crippen LogP contribution in [-0.4, -0.2) is 43.9 Å². The minimum Gasteiger partial charge on any atom is -0.372 e. The van der Waals surface area contributed by atoms with Crippen molar-refractivity contribution in [2.24, 2.45) is 0 Å². The van der Waals surface area contributed by atoms with Crippen molar-refractivity contribution >= 4 is 0 Å². The van der Waals surface area contributed by atoms with Crippen molar-refractivity contribution in [3.05, 3.63) is 0 Å². The summed E-state index contributed by atoms with van der Waals surface area (Å²) in [5.74, 6) is 5.80. The summed E-state index contributed by atoms with van der Waals surface area (Å²) in [6.07, 6.45) is 0.624. The van der Waals surface area contributed by atoms with Crippen LogP contribution in [-0.2, 0) is 4.74 Å². The van der Waals surface area contributed by atoms with E-state index in [9.17, 15) is 4.39 Å². The molecule has 1 aliphatic heterocycles. The first-order chi connectivity index (χ1) is 6.14. The highest BCUT2D eigenvalue weighted by molar-refractivity contribution is 5.03. The van der Waals surface area contributed by atoms with E-state index in [0.717, 1.165) is 6.54 Å². The number of hydrogen-bond donors (Lipinski definition) is 0. The number of alkyl halides is 1. The molecule has 0 aromatic rings. The number of likely N-dealkylation sites (tertiary alicyclic amines) is 1. The molecule has 0 N–H and O–H groups in total. The van der Waals surface area contributed by atoms with Crippen molar-refractivity contribution in [3.63, 3.8) is 0 Å². The van der Waals surface area contributed by atoms with Crippen molar-refractivity contribution < 1.29 is 9.13 Å². The van der Waals surface area contributed by atoms with Crippen molar-refractivity contribution in [3.8, 4) is 11.8 Å². The summed E-state index contributed by atoms with van der Waals surface area (Å²) in [6, 6.07) is 0. The van der Waals surface area contributed by atoms with Gasteiger partial charge in [-0.3, -0.25) is 4.90 Å². The van der Waals surface area contributed by atoms with Gasteiger partial charge in [0.15, 0.2) is 0 Å². The molecular weight excluding hydrogens is 169 g/mol. The minimum atomic E-state index is -1.01. The van der Waals surface area contributed by atoms with Crippen LogP contribution in [0.5, 0.6) is 0 Å². The zero-order chi connectivity index (χ0) is 9.73. The Morgan fingerprint density at radius 2 is 2.31 bits per heavy atom. The average molecular weight is 185 g/mol. The Hall–Kier alpha value is -0.590. The van der Waals surface area contributed by atoms with E-state index >= 15 is 0 Å². The maximum Gasteiger partial charge on any atom is 0.122 e. The average Bonchev–Trinajstić information content (AvgIpc) is 2.40. The number of halogens is 1. The number of nitrogens with zero attached hydrogens (tertiary/aromatic N) is 1. The van der Waals surface area contributed by atoms with E-state index in [1.54, 1.807) is 14.0 Å². The molecule has 0 saturated carbocycles. The number of rotatable bonds is 2. The summed E-state index contributed by atoms with van der Waals surface area (Å²) in [7, 11) is 1.61. The van der Waals surface area contributed by atoms with E-state index in [0.29, 0.717) is 26.1 Å². The molecule has 1 atom stereocenters. The van der Waals surface area contributed by atoms with Gasteiger partial charge in [-0.2, -0.15) is 0 Å². The second-order valence-corrected chi connectivity index (χ2v) is 3.66. The molecule has 74 valence electrons. The van der Waals surface area contributed by atoms with Gasteiger partial charge in [-0.25, -0.2) is 4.39 Å². The lowest BCUT2D eigenvalue weighted by Crippen LogP contribution is -2.26. The molecule has 2 nitrogen and oxygen atoms in total. The molecule has 1 fully saturated rings. The predicted octanol–water partition coefficient (Wildman–Crippen LogP) is 1.07. The molecule has 1 aliphatic rings. The zero-order valence-corrected chi connectivity index (χ0v) is 8.27. The highest BCUT2D eigenvalue weighted by Crippen LogP contribution is 2.23. The van der Waals surface area contributed by atoms with Gasteiger partial charge in [0.1, 0.15) is 12.3 Å². The monoisotopic (exact) mass is 185 g/mol. The second kappa shape index (κ2) is 4.59. The Balaban J connectivity index is 2.22. The number of ether oxygens (including phenoxy) is 1. The van der Waals surface area contributed by atoms with Gasteiger partial charge < -0.3 is 4.74 Å². The van der Waals surface area contributed by atoms with Crippen molar-refractivity contribution in [2.45, 2.75) is 19.0 Å². The topological polar surface area (TPSA) is 12.5 Å². The fraction of sp³-hybridized carbons (Fsp3) is 0.800. The lowest BCUT2D eigenvalue weighted by atomic mass is 10.1. The van der Waals surface area contributed by atoms with Crippen LogP contribution in [0.15, 0.2) is 0 Å². The quantitative estimate of drug-likeness (QED) is 0.597. The van der Waals surface area contributed by atoms with Gasteiger partial charge >= 0.3 is 0 Å². The van der Waals surface area contributed by atoms with E-state index in [-0.39, 0.29) is 0 Å². The van der Waals surface area contributed by atoms with E-state index in [1.165, 1.54) is 0 Å². The molecule has 0 aliphatic carbocycles. The Kier molecular flexibility index (Phi) is 3.71. The third-order valence-corrected chi connectivity index (χ3v) is 2.15. The number of methoxy groups -OCH3 is 1. The smallest absolute Gasteiger partial charge is 0.122 e. The number of hydrogen-bond acceptors (Lipinski definition) is 2. The zero-order valence-electron chi connectivity index (χ0n) is 8.27. The molecule has 0 aromatic heterocycles. The van der Waals surface area contributed by atoms with Crippen LogP contribution in [0.1, 0.15) is 13.3 Å². The third-order valence-electron chi connectivity index (χ3n) is 2.15. The predicted molar refractivity (Wildman–Crippen MR) is 50.2 cm³/mol. The fourth-order valence-electron chi connectivity index (χ4n) is 1.44. The lowest BCUT2D eigenvalue weighted by Gasteiger charge is -2.13. The van der Waals surface area contributed by atoms with Gasteiger partial charge in [-0.05, 0) is 13.3 Å². The van der Waals surface area contributed by atoms with Crippen LogP contribution in [0.3, 0.4) is 0 Å². The lowest BCUT2D eigenvalue weighted by molar-refractivity contribution is 0.194. The largest absolute Gasteiger partial charge is 0.372 e. The molecule has 0 aromatic carbocycles. The van der Waals surface area contributed by atoms with Gasteiger partial charge in [0.2, 0.25) is 0 Å². The second-order valence-electron chi connectivity index (χ2n) is 3.66. The highest BCUT2D eigenvalue weighted by Gasteiger charge is 2.32. The summed E-state index contributed by atoms with van der Waals surface area (Å²) in [6.45, 7) is 4.09. The first-order valence-electron chi connectivity index (χ1n) is 4.50. The highest BCUT2D eigenvalue weighted by atomic mass is 19.1. The maximum atomic E-state index is 13.3. The molecule has 0 spiro atoms. The van der Waals surface area contributed by atoms with Gasteiger partial charge in [0.05, 0.1) is 6.54 Å². The molecule has 1 unspecified atom stereocenters. The van der Waals surface area contributed by atoms with E-state index in [4.69, 9.17) is 4.74 Å². The van der Waals surface area contributed by atoms with Crippen LogP contribution in [0.4, 0.5) is 4.39 Å². The third kappa shape index (κ3) is 3.75. The van der Waals surface area contributed by atoms with E-state index in [1.807, 2.05) is 4.90 Å². The Morgan fingerprint density at radius 3 is 2.85 bits per heavy atom. The first-order valence-corrected chi connectivity index (χ1v) is 4.50. The van der Waals surface area contributed by atoms with Crippen molar-refractivity contribution in [2.75, 3.05) is 33.4 Å². The van der Waals surface area contributed by atoms with Crippen molar-refractivity contribution in [1.29, 1.82) is 0 Å². The molecule has 1 rings (SSSR count). The first kappa shape index (κ1) is 10.5. The molecule has 13 heavy (non-hydrogen) atoms. The Labute approximate surface area is 79.1 Å². The van der Waals surface area contributed by atoms with Crippen molar-refractivity contribution in [1.82, 2.24) is 4.90 Å². The molecule has 1 saturated heterocycles. The van der Waals surface area contributed by atoms with Gasteiger partial charge in [-0.1, -0.05) is 11.8 Å². The molecule has 0 radical (unpaired) electrons. The molecule has 1 heterocycles. The van der Waals surface area contributed by atoms with Crippen LogP contribution in [0, 0.1) is 11.8 Å². The van der Waals surface area contributed by atoms with E-state index in [2.05, 4.69) is 11.8 Å².